The van der Waals surface area contributed by atoms with Crippen LogP contribution in [-0.4, -0.2) is 50.8 Å². The molecular weight excluding hydrogens is 310 g/mol. The fourth-order valence-electron chi connectivity index (χ4n) is 2.46. The molecule has 1 aromatic carbocycles. The third kappa shape index (κ3) is 3.38. The Morgan fingerprint density at radius 3 is 2.71 bits per heavy atom. The van der Waals surface area contributed by atoms with Gasteiger partial charge in [0.2, 0.25) is 10.0 Å². The van der Waals surface area contributed by atoms with Gasteiger partial charge in [0.25, 0.3) is 0 Å². The maximum atomic E-state index is 12.7. The number of nitriles is 1. The summed E-state index contributed by atoms with van der Waals surface area (Å²) >= 11 is 5.94. The molecule has 0 spiro atoms. The van der Waals surface area contributed by atoms with Crippen LogP contribution in [0.15, 0.2) is 23.1 Å². The summed E-state index contributed by atoms with van der Waals surface area (Å²) in [7, 11) is 0.352. The molecule has 0 saturated carbocycles. The molecule has 0 aromatic heterocycles. The first kappa shape index (κ1) is 16.2. The van der Waals surface area contributed by atoms with Crippen LogP contribution >= 0.6 is 11.6 Å². The van der Waals surface area contributed by atoms with Crippen LogP contribution in [0.3, 0.4) is 0 Å². The van der Waals surface area contributed by atoms with Gasteiger partial charge in [0.05, 0.1) is 15.5 Å². The van der Waals surface area contributed by atoms with Crippen LogP contribution in [-0.2, 0) is 10.0 Å². The fraction of sp³-hybridized carbons (Fsp3) is 0.500. The van der Waals surface area contributed by atoms with Crippen LogP contribution in [0.25, 0.3) is 0 Å². The number of piperidine rings is 1. The van der Waals surface area contributed by atoms with Crippen molar-refractivity contribution < 1.29 is 8.42 Å². The molecule has 21 heavy (non-hydrogen) atoms. The highest BCUT2D eigenvalue weighted by atomic mass is 35.5. The van der Waals surface area contributed by atoms with Gasteiger partial charge in [-0.1, -0.05) is 11.6 Å². The Balaban J connectivity index is 2.29. The van der Waals surface area contributed by atoms with Crippen LogP contribution in [0.2, 0.25) is 5.02 Å². The Morgan fingerprint density at radius 1 is 1.43 bits per heavy atom. The van der Waals surface area contributed by atoms with Gasteiger partial charge in [0.15, 0.2) is 0 Å². The van der Waals surface area contributed by atoms with Crippen molar-refractivity contribution in [2.24, 2.45) is 0 Å². The largest absolute Gasteiger partial charge is 0.305 e. The van der Waals surface area contributed by atoms with Crippen molar-refractivity contribution in [3.8, 4) is 6.07 Å². The Hall–Kier alpha value is -1.13. The summed E-state index contributed by atoms with van der Waals surface area (Å²) in [5, 5.41) is 9.02. The van der Waals surface area contributed by atoms with E-state index in [2.05, 4.69) is 0 Å². The zero-order valence-electron chi connectivity index (χ0n) is 12.1. The molecule has 1 aliphatic rings. The SMILES string of the molecule is CN(C)C1CCCN(S(=O)(=O)c2ccc(C#N)c(Cl)c2)C1. The third-order valence-electron chi connectivity index (χ3n) is 3.79. The summed E-state index contributed by atoms with van der Waals surface area (Å²) in [6, 6.07) is 6.40. The number of hydrogen-bond donors (Lipinski definition) is 0. The van der Waals surface area contributed by atoms with Crippen molar-refractivity contribution >= 4 is 21.6 Å². The summed E-state index contributed by atoms with van der Waals surface area (Å²) in [6.45, 7) is 0.997. The number of nitrogens with zero attached hydrogens (tertiary/aromatic N) is 3. The van der Waals surface area contributed by atoms with E-state index in [0.29, 0.717) is 13.1 Å². The van der Waals surface area contributed by atoms with Gasteiger partial charge in [0.1, 0.15) is 6.07 Å². The monoisotopic (exact) mass is 327 g/mol. The zero-order valence-corrected chi connectivity index (χ0v) is 13.7. The van der Waals surface area contributed by atoms with Crippen molar-refractivity contribution in [2.45, 2.75) is 23.8 Å². The molecule has 5 nitrogen and oxygen atoms in total. The molecule has 0 N–H and O–H groups in total. The molecule has 0 amide bonds. The van der Waals surface area contributed by atoms with E-state index in [1.807, 2.05) is 25.1 Å². The van der Waals surface area contributed by atoms with Gasteiger partial charge in [-0.3, -0.25) is 0 Å². The Morgan fingerprint density at radius 2 is 2.14 bits per heavy atom. The van der Waals surface area contributed by atoms with Crippen LogP contribution in [0.1, 0.15) is 18.4 Å². The molecule has 0 bridgehead atoms. The van der Waals surface area contributed by atoms with E-state index in [1.165, 1.54) is 22.5 Å². The van der Waals surface area contributed by atoms with Crippen molar-refractivity contribution in [2.75, 3.05) is 27.2 Å². The minimum Gasteiger partial charge on any atom is -0.305 e. The van der Waals surface area contributed by atoms with E-state index < -0.39 is 10.0 Å². The molecule has 2 rings (SSSR count). The summed E-state index contributed by atoms with van der Waals surface area (Å²) in [4.78, 5) is 2.19. The van der Waals surface area contributed by atoms with E-state index in [9.17, 15) is 8.42 Å². The van der Waals surface area contributed by atoms with E-state index in [0.717, 1.165) is 12.8 Å². The number of likely N-dealkylation sites (N-methyl/N-ethyl adjacent to an activating group) is 1. The van der Waals surface area contributed by atoms with Crippen molar-refractivity contribution in [3.05, 3.63) is 28.8 Å². The van der Waals surface area contributed by atoms with E-state index in [4.69, 9.17) is 16.9 Å². The van der Waals surface area contributed by atoms with E-state index >= 15 is 0 Å². The van der Waals surface area contributed by atoms with Crippen LogP contribution in [0, 0.1) is 11.3 Å². The highest BCUT2D eigenvalue weighted by Crippen LogP contribution is 2.25. The summed E-state index contributed by atoms with van der Waals surface area (Å²) in [5.74, 6) is 0. The molecule has 1 fully saturated rings. The number of benzene rings is 1. The average Bonchev–Trinajstić information content (AvgIpc) is 2.47. The van der Waals surface area contributed by atoms with Gasteiger partial charge >= 0.3 is 0 Å². The molecular formula is C14H18ClN3O2S. The highest BCUT2D eigenvalue weighted by Gasteiger charge is 2.31. The van der Waals surface area contributed by atoms with Gasteiger partial charge in [-0.25, -0.2) is 8.42 Å². The topological polar surface area (TPSA) is 64.4 Å². The van der Waals surface area contributed by atoms with Crippen molar-refractivity contribution in [3.63, 3.8) is 0 Å². The normalized spacial score (nSPS) is 20.4. The van der Waals surface area contributed by atoms with Crippen LogP contribution < -0.4 is 0 Å². The van der Waals surface area contributed by atoms with Gasteiger partial charge in [-0.15, -0.1) is 0 Å². The van der Waals surface area contributed by atoms with E-state index in [1.54, 1.807) is 0 Å². The van der Waals surface area contributed by atoms with E-state index in [-0.39, 0.29) is 21.5 Å². The van der Waals surface area contributed by atoms with Crippen molar-refractivity contribution in [1.29, 1.82) is 5.26 Å². The summed E-state index contributed by atoms with van der Waals surface area (Å²) in [6.07, 6.45) is 1.83. The fourth-order valence-corrected chi connectivity index (χ4v) is 4.29. The predicted molar refractivity (Wildman–Crippen MR) is 81.6 cm³/mol. The Bertz CT molecular complexity index is 667. The number of sulfonamides is 1. The van der Waals surface area contributed by atoms with Crippen molar-refractivity contribution in [1.82, 2.24) is 9.21 Å². The third-order valence-corrected chi connectivity index (χ3v) is 5.96. The van der Waals surface area contributed by atoms with Gasteiger partial charge in [-0.05, 0) is 45.1 Å². The summed E-state index contributed by atoms with van der Waals surface area (Å²) < 4.78 is 26.8. The Kier molecular flexibility index (Phi) is 4.89. The number of rotatable bonds is 3. The standard InChI is InChI=1S/C14H18ClN3O2S/c1-17(2)12-4-3-7-18(10-12)21(19,20)13-6-5-11(9-16)14(15)8-13/h5-6,8,12H,3-4,7,10H2,1-2H3. The lowest BCUT2D eigenvalue weighted by molar-refractivity contribution is 0.190. The van der Waals surface area contributed by atoms with Gasteiger partial charge in [0, 0.05) is 19.1 Å². The molecule has 1 unspecified atom stereocenters. The molecule has 1 heterocycles. The number of hydrogen-bond acceptors (Lipinski definition) is 4. The molecule has 1 aliphatic heterocycles. The zero-order chi connectivity index (χ0) is 15.6. The quantitative estimate of drug-likeness (QED) is 0.851. The van der Waals surface area contributed by atoms with Gasteiger partial charge in [-0.2, -0.15) is 9.57 Å². The molecule has 0 aliphatic carbocycles. The van der Waals surface area contributed by atoms with Crippen LogP contribution in [0.4, 0.5) is 0 Å². The predicted octanol–water partition coefficient (Wildman–Crippen LogP) is 1.93. The molecule has 0 radical (unpaired) electrons. The lowest BCUT2D eigenvalue weighted by Gasteiger charge is -2.35. The lowest BCUT2D eigenvalue weighted by atomic mass is 10.1. The molecule has 1 aromatic rings. The molecule has 7 heteroatoms. The second-order valence-corrected chi connectivity index (χ2v) is 7.72. The minimum absolute atomic E-state index is 0.144. The molecule has 1 saturated heterocycles. The van der Waals surface area contributed by atoms with Gasteiger partial charge < -0.3 is 4.90 Å². The Labute approximate surface area is 130 Å². The molecule has 114 valence electrons. The first-order valence-corrected chi connectivity index (χ1v) is 8.54. The first-order valence-electron chi connectivity index (χ1n) is 6.72. The smallest absolute Gasteiger partial charge is 0.243 e. The van der Waals surface area contributed by atoms with Crippen LogP contribution in [0.5, 0.6) is 0 Å². The molecule has 1 atom stereocenters. The number of halogens is 1. The lowest BCUT2D eigenvalue weighted by Crippen LogP contribution is -2.47. The second-order valence-electron chi connectivity index (χ2n) is 5.38. The average molecular weight is 328 g/mol. The summed E-state index contributed by atoms with van der Waals surface area (Å²) in [5.41, 5.74) is 0.278. The maximum Gasteiger partial charge on any atom is 0.243 e. The highest BCUT2D eigenvalue weighted by molar-refractivity contribution is 7.89. The minimum atomic E-state index is -3.56. The second kappa shape index (κ2) is 6.32. The first-order chi connectivity index (χ1) is 9.86. The maximum absolute atomic E-state index is 12.7.